The van der Waals surface area contributed by atoms with Crippen molar-refractivity contribution in [3.8, 4) is 0 Å². The van der Waals surface area contributed by atoms with Crippen molar-refractivity contribution in [2.45, 2.75) is 4.21 Å². The minimum Gasteiger partial charge on any atom is -0.480 e. The highest BCUT2D eigenvalue weighted by atomic mass is 79.9. The van der Waals surface area contributed by atoms with E-state index in [-0.39, 0.29) is 10.8 Å². The average Bonchev–Trinajstić information content (AvgIpc) is 2.63. The Hall–Kier alpha value is -0.700. The molecule has 0 aliphatic heterocycles. The fraction of sp³-hybridized carbons (Fsp3) is 0.222. The van der Waals surface area contributed by atoms with Gasteiger partial charge in [-0.2, -0.15) is 4.31 Å². The number of nitrogens with zero attached hydrogens (tertiary/aromatic N) is 1. The predicted molar refractivity (Wildman–Crippen MR) is 68.6 cm³/mol. The summed E-state index contributed by atoms with van der Waals surface area (Å²) < 4.78 is 25.7. The fourth-order valence-electron chi connectivity index (χ4n) is 1.12. The Morgan fingerprint density at radius 1 is 1.65 bits per heavy atom. The number of hydrogen-bond acceptors (Lipinski definition) is 4. The Labute approximate surface area is 112 Å². The van der Waals surface area contributed by atoms with Crippen LogP contribution in [0.2, 0.25) is 0 Å². The number of carbonyl (C=O) groups is 1. The van der Waals surface area contributed by atoms with Crippen molar-refractivity contribution in [3.63, 3.8) is 0 Å². The second kappa shape index (κ2) is 5.76. The number of hydrogen-bond donors (Lipinski definition) is 1. The van der Waals surface area contributed by atoms with Crippen LogP contribution in [0.4, 0.5) is 0 Å². The molecular formula is C9H10BrNO4S2. The molecule has 0 aliphatic rings. The number of thiophene rings is 1. The van der Waals surface area contributed by atoms with E-state index >= 15 is 0 Å². The largest absolute Gasteiger partial charge is 0.480 e. The minimum absolute atomic E-state index is 0.0427. The lowest BCUT2D eigenvalue weighted by Crippen LogP contribution is -2.35. The van der Waals surface area contributed by atoms with E-state index in [1.807, 2.05) is 0 Å². The molecule has 1 rings (SSSR count). The highest BCUT2D eigenvalue weighted by Crippen LogP contribution is 2.30. The lowest BCUT2D eigenvalue weighted by atomic mass is 10.6. The normalized spacial score (nSPS) is 11.6. The maximum atomic E-state index is 12.1. The van der Waals surface area contributed by atoms with Gasteiger partial charge in [-0.3, -0.25) is 4.79 Å². The average molecular weight is 340 g/mol. The van der Waals surface area contributed by atoms with Gasteiger partial charge in [-0.15, -0.1) is 17.9 Å². The van der Waals surface area contributed by atoms with Crippen LogP contribution in [0.25, 0.3) is 0 Å². The van der Waals surface area contributed by atoms with Crippen LogP contribution >= 0.6 is 27.3 Å². The van der Waals surface area contributed by atoms with Gasteiger partial charge < -0.3 is 5.11 Å². The first-order chi connectivity index (χ1) is 7.89. The summed E-state index contributed by atoms with van der Waals surface area (Å²) in [7, 11) is -3.79. The van der Waals surface area contributed by atoms with Crippen molar-refractivity contribution < 1.29 is 18.3 Å². The van der Waals surface area contributed by atoms with E-state index in [0.717, 1.165) is 15.6 Å². The second-order valence-corrected chi connectivity index (χ2v) is 6.94. The SMILES string of the molecule is C=CCN(CC(=O)O)S(=O)(=O)c1sccc1Br. The third-order valence-corrected chi connectivity index (χ3v) is 6.26. The summed E-state index contributed by atoms with van der Waals surface area (Å²) in [5.74, 6) is -1.21. The third kappa shape index (κ3) is 3.38. The maximum absolute atomic E-state index is 12.1. The maximum Gasteiger partial charge on any atom is 0.318 e. The summed E-state index contributed by atoms with van der Waals surface area (Å²) in [6.45, 7) is 2.79. The van der Waals surface area contributed by atoms with E-state index in [1.165, 1.54) is 6.08 Å². The molecule has 0 fully saturated rings. The van der Waals surface area contributed by atoms with Gasteiger partial charge in [-0.1, -0.05) is 6.08 Å². The Kier molecular flexibility index (Phi) is 4.87. The molecular weight excluding hydrogens is 330 g/mol. The second-order valence-electron chi connectivity index (χ2n) is 3.04. The lowest BCUT2D eigenvalue weighted by Gasteiger charge is -2.17. The zero-order valence-electron chi connectivity index (χ0n) is 8.67. The Balaban J connectivity index is 3.13. The summed E-state index contributed by atoms with van der Waals surface area (Å²) in [5.41, 5.74) is 0. The van der Waals surface area contributed by atoms with Crippen molar-refractivity contribution in [3.05, 3.63) is 28.6 Å². The molecule has 0 aliphatic carbocycles. The van der Waals surface area contributed by atoms with Gasteiger partial charge in [0.15, 0.2) is 0 Å². The van der Waals surface area contributed by atoms with E-state index in [9.17, 15) is 13.2 Å². The van der Waals surface area contributed by atoms with Crippen LogP contribution in [-0.2, 0) is 14.8 Å². The molecule has 8 heteroatoms. The molecule has 17 heavy (non-hydrogen) atoms. The summed E-state index contributed by atoms with van der Waals surface area (Å²) >= 11 is 4.15. The van der Waals surface area contributed by atoms with E-state index in [2.05, 4.69) is 22.5 Å². The molecule has 0 saturated carbocycles. The summed E-state index contributed by atoms with van der Waals surface area (Å²) in [5, 5.41) is 10.3. The minimum atomic E-state index is -3.79. The summed E-state index contributed by atoms with van der Waals surface area (Å²) in [4.78, 5) is 10.6. The lowest BCUT2D eigenvalue weighted by molar-refractivity contribution is -0.137. The number of carboxylic acid groups (broad SMARTS) is 1. The van der Waals surface area contributed by atoms with Crippen molar-refractivity contribution in [1.82, 2.24) is 4.31 Å². The van der Waals surface area contributed by atoms with Crippen molar-refractivity contribution >= 4 is 43.3 Å². The first-order valence-electron chi connectivity index (χ1n) is 4.45. The van der Waals surface area contributed by atoms with Gasteiger partial charge in [0.1, 0.15) is 10.8 Å². The topological polar surface area (TPSA) is 74.7 Å². The highest BCUT2D eigenvalue weighted by Gasteiger charge is 2.28. The van der Waals surface area contributed by atoms with Gasteiger partial charge in [0.25, 0.3) is 10.0 Å². The highest BCUT2D eigenvalue weighted by molar-refractivity contribution is 9.10. The van der Waals surface area contributed by atoms with Crippen LogP contribution in [0, 0.1) is 0 Å². The van der Waals surface area contributed by atoms with Crippen LogP contribution in [0.3, 0.4) is 0 Å². The number of halogens is 1. The molecule has 1 aromatic heterocycles. The number of carboxylic acids is 1. The molecule has 94 valence electrons. The molecule has 0 aromatic carbocycles. The third-order valence-electron chi connectivity index (χ3n) is 1.80. The van der Waals surface area contributed by atoms with Gasteiger partial charge in [-0.05, 0) is 27.4 Å². The van der Waals surface area contributed by atoms with Crippen LogP contribution in [0.5, 0.6) is 0 Å². The molecule has 0 spiro atoms. The van der Waals surface area contributed by atoms with Gasteiger partial charge >= 0.3 is 5.97 Å². The van der Waals surface area contributed by atoms with Gasteiger partial charge in [0, 0.05) is 11.0 Å². The molecule has 0 atom stereocenters. The predicted octanol–water partition coefficient (Wildman–Crippen LogP) is 1.77. The van der Waals surface area contributed by atoms with Gasteiger partial charge in [-0.25, -0.2) is 8.42 Å². The molecule has 0 bridgehead atoms. The number of aliphatic carboxylic acids is 1. The summed E-state index contributed by atoms with van der Waals surface area (Å²) in [6.07, 6.45) is 1.35. The van der Waals surface area contributed by atoms with E-state index in [0.29, 0.717) is 4.47 Å². The Bertz CT molecular complexity index is 523. The fourth-order valence-corrected chi connectivity index (χ4v) is 4.93. The molecule has 1 N–H and O–H groups in total. The first kappa shape index (κ1) is 14.4. The monoisotopic (exact) mass is 339 g/mol. The molecule has 0 saturated heterocycles. The zero-order chi connectivity index (χ0) is 13.1. The van der Waals surface area contributed by atoms with E-state index in [4.69, 9.17) is 5.11 Å². The Morgan fingerprint density at radius 2 is 2.29 bits per heavy atom. The first-order valence-corrected chi connectivity index (χ1v) is 7.56. The standard InChI is InChI=1S/C9H10BrNO4S2/c1-2-4-11(6-8(12)13)17(14,15)9-7(10)3-5-16-9/h2-3,5H,1,4,6H2,(H,12,13). The molecule has 0 unspecified atom stereocenters. The molecule has 0 amide bonds. The summed E-state index contributed by atoms with van der Waals surface area (Å²) in [6, 6.07) is 1.60. The van der Waals surface area contributed by atoms with Gasteiger partial charge in [0.2, 0.25) is 0 Å². The van der Waals surface area contributed by atoms with Crippen LogP contribution in [0.15, 0.2) is 32.8 Å². The smallest absolute Gasteiger partial charge is 0.318 e. The van der Waals surface area contributed by atoms with Crippen molar-refractivity contribution in [1.29, 1.82) is 0 Å². The van der Waals surface area contributed by atoms with Gasteiger partial charge in [0.05, 0.1) is 0 Å². The van der Waals surface area contributed by atoms with Crippen LogP contribution < -0.4 is 0 Å². The Morgan fingerprint density at radius 3 is 2.71 bits per heavy atom. The number of rotatable bonds is 6. The zero-order valence-corrected chi connectivity index (χ0v) is 11.9. The van der Waals surface area contributed by atoms with Crippen molar-refractivity contribution in [2.75, 3.05) is 13.1 Å². The van der Waals surface area contributed by atoms with Crippen LogP contribution in [0.1, 0.15) is 0 Å². The van der Waals surface area contributed by atoms with Crippen molar-refractivity contribution in [2.24, 2.45) is 0 Å². The number of sulfonamides is 1. The molecule has 1 aromatic rings. The van der Waals surface area contributed by atoms with E-state index in [1.54, 1.807) is 11.4 Å². The van der Waals surface area contributed by atoms with E-state index < -0.39 is 22.5 Å². The molecule has 1 heterocycles. The molecule has 5 nitrogen and oxygen atoms in total. The molecule has 0 radical (unpaired) electrons. The van der Waals surface area contributed by atoms with Crippen LogP contribution in [-0.4, -0.2) is 36.9 Å². The quantitative estimate of drug-likeness (QED) is 0.801.